The van der Waals surface area contributed by atoms with Crippen molar-refractivity contribution in [2.45, 2.75) is 38.3 Å². The molecule has 0 spiro atoms. The highest BCUT2D eigenvalue weighted by Crippen LogP contribution is 2.42. The normalized spacial score (nSPS) is 23.8. The van der Waals surface area contributed by atoms with Crippen molar-refractivity contribution in [3.05, 3.63) is 76.2 Å². The fourth-order valence-electron chi connectivity index (χ4n) is 5.57. The van der Waals surface area contributed by atoms with Crippen LogP contribution >= 0.6 is 15.9 Å². The zero-order valence-electron chi connectivity index (χ0n) is 20.3. The molecule has 178 valence electrons. The molecule has 3 fully saturated rings. The maximum absolute atomic E-state index is 4.91. The van der Waals surface area contributed by atoms with Gasteiger partial charge >= 0.3 is 0 Å². The molecule has 2 bridgehead atoms. The monoisotopic (exact) mass is 519 g/mol. The Kier molecular flexibility index (Phi) is 7.00. The molecular formula is C28H34BrN5. The molecule has 1 N–H and O–H groups in total. The molecule has 34 heavy (non-hydrogen) atoms. The number of rotatable bonds is 7. The standard InChI is InChI=1S/C28H34BrN5/c1-19-31-27(24-6-4-5-7-26(24)29)15-28(32-19)25-18-34-13-12-21(25)14-23(34)17-30-16-20-8-10-22(11-9-20)33(2)3/h4-11,15,21,23,25,30H,12-14,16-18H2,1-3H3. The van der Waals surface area contributed by atoms with Gasteiger partial charge in [-0.25, -0.2) is 9.97 Å². The largest absolute Gasteiger partial charge is 0.378 e. The van der Waals surface area contributed by atoms with Crippen molar-refractivity contribution in [3.63, 3.8) is 0 Å². The molecule has 5 nitrogen and oxygen atoms in total. The number of hydrogen-bond acceptors (Lipinski definition) is 5. The maximum atomic E-state index is 4.91. The van der Waals surface area contributed by atoms with E-state index in [1.54, 1.807) is 0 Å². The molecule has 0 saturated carbocycles. The van der Waals surface area contributed by atoms with Crippen LogP contribution in [0.1, 0.15) is 35.8 Å². The average molecular weight is 521 g/mol. The Morgan fingerprint density at radius 1 is 1.09 bits per heavy atom. The van der Waals surface area contributed by atoms with Gasteiger partial charge in [0.25, 0.3) is 0 Å². The highest BCUT2D eigenvalue weighted by Gasteiger charge is 2.41. The molecule has 2 aromatic carbocycles. The molecule has 4 unspecified atom stereocenters. The Bertz CT molecular complexity index is 1130. The molecule has 0 radical (unpaired) electrons. The highest BCUT2D eigenvalue weighted by atomic mass is 79.9. The summed E-state index contributed by atoms with van der Waals surface area (Å²) < 4.78 is 1.08. The van der Waals surface area contributed by atoms with Gasteiger partial charge in [-0.05, 0) is 62.1 Å². The molecule has 0 amide bonds. The van der Waals surface area contributed by atoms with E-state index in [4.69, 9.17) is 9.97 Å². The number of aryl methyl sites for hydroxylation is 1. The van der Waals surface area contributed by atoms with E-state index in [1.807, 2.05) is 13.0 Å². The summed E-state index contributed by atoms with van der Waals surface area (Å²) >= 11 is 3.69. The van der Waals surface area contributed by atoms with Gasteiger partial charge in [0.15, 0.2) is 0 Å². The van der Waals surface area contributed by atoms with E-state index in [0.717, 1.165) is 41.2 Å². The van der Waals surface area contributed by atoms with Crippen molar-refractivity contribution in [3.8, 4) is 11.3 Å². The Morgan fingerprint density at radius 3 is 2.59 bits per heavy atom. The number of nitrogens with one attached hydrogen (secondary N) is 1. The lowest BCUT2D eigenvalue weighted by Gasteiger charge is -2.50. The van der Waals surface area contributed by atoms with Crippen molar-refractivity contribution in [2.75, 3.05) is 38.6 Å². The Hall–Kier alpha value is -2.28. The maximum Gasteiger partial charge on any atom is 0.126 e. The van der Waals surface area contributed by atoms with Crippen molar-refractivity contribution in [2.24, 2.45) is 5.92 Å². The van der Waals surface area contributed by atoms with Crippen LogP contribution in [0, 0.1) is 12.8 Å². The first-order chi connectivity index (χ1) is 16.5. The van der Waals surface area contributed by atoms with E-state index in [1.165, 1.54) is 36.3 Å². The van der Waals surface area contributed by atoms with Gasteiger partial charge in [-0.15, -0.1) is 0 Å². The second kappa shape index (κ2) is 10.1. The van der Waals surface area contributed by atoms with Crippen LogP contribution in [0.4, 0.5) is 5.69 Å². The van der Waals surface area contributed by atoms with Gasteiger partial charge in [-0.2, -0.15) is 0 Å². The van der Waals surface area contributed by atoms with Crippen LogP contribution in [0.2, 0.25) is 0 Å². The summed E-state index contributed by atoms with van der Waals surface area (Å²) in [4.78, 5) is 14.5. The summed E-state index contributed by atoms with van der Waals surface area (Å²) in [7, 11) is 4.16. The second-order valence-electron chi connectivity index (χ2n) is 9.94. The molecule has 0 aliphatic carbocycles. The first kappa shape index (κ1) is 23.5. The third-order valence-electron chi connectivity index (χ3n) is 7.43. The quantitative estimate of drug-likeness (QED) is 0.461. The number of anilines is 1. The molecule has 4 heterocycles. The van der Waals surface area contributed by atoms with Crippen LogP contribution in [0.25, 0.3) is 11.3 Å². The summed E-state index contributed by atoms with van der Waals surface area (Å²) in [6.07, 6.45) is 2.51. The van der Waals surface area contributed by atoms with E-state index in [-0.39, 0.29) is 0 Å². The zero-order valence-corrected chi connectivity index (χ0v) is 21.9. The molecule has 1 aromatic heterocycles. The van der Waals surface area contributed by atoms with Crippen LogP contribution in [0.15, 0.2) is 59.1 Å². The lowest BCUT2D eigenvalue weighted by molar-refractivity contribution is 0.0292. The highest BCUT2D eigenvalue weighted by molar-refractivity contribution is 9.10. The Balaban J connectivity index is 1.23. The molecular weight excluding hydrogens is 486 g/mol. The van der Waals surface area contributed by atoms with Gasteiger partial charge in [-0.3, -0.25) is 4.90 Å². The van der Waals surface area contributed by atoms with E-state index in [0.29, 0.717) is 17.9 Å². The second-order valence-corrected chi connectivity index (χ2v) is 10.8. The fraction of sp³-hybridized carbons (Fsp3) is 0.429. The summed E-state index contributed by atoms with van der Waals surface area (Å²) in [6, 6.07) is 20.0. The SMILES string of the molecule is Cc1nc(-c2ccccc2Br)cc(C2CN3CCC2CC3CNCc2ccc(N(C)C)cc2)n1. The summed E-state index contributed by atoms with van der Waals surface area (Å²) in [5.74, 6) is 2.04. The number of piperidine rings is 3. The lowest BCUT2D eigenvalue weighted by Crippen LogP contribution is -2.55. The minimum atomic E-state index is 0.492. The van der Waals surface area contributed by atoms with Gasteiger partial charge in [0.1, 0.15) is 5.82 Å². The topological polar surface area (TPSA) is 44.3 Å². The third kappa shape index (κ3) is 5.04. The van der Waals surface area contributed by atoms with Crippen LogP contribution < -0.4 is 10.2 Å². The Morgan fingerprint density at radius 2 is 1.88 bits per heavy atom. The van der Waals surface area contributed by atoms with Crippen molar-refractivity contribution >= 4 is 21.6 Å². The van der Waals surface area contributed by atoms with Crippen LogP contribution in [0.3, 0.4) is 0 Å². The molecule has 3 aliphatic rings. The van der Waals surface area contributed by atoms with Crippen molar-refractivity contribution in [1.82, 2.24) is 20.2 Å². The molecule has 3 aromatic rings. The number of nitrogens with zero attached hydrogens (tertiary/aromatic N) is 4. The van der Waals surface area contributed by atoms with Gasteiger partial charge in [0.2, 0.25) is 0 Å². The number of aromatic nitrogens is 2. The van der Waals surface area contributed by atoms with Gasteiger partial charge in [-0.1, -0.05) is 46.3 Å². The van der Waals surface area contributed by atoms with Gasteiger partial charge in [0.05, 0.1) is 5.69 Å². The molecule has 3 saturated heterocycles. The van der Waals surface area contributed by atoms with E-state index in [9.17, 15) is 0 Å². The van der Waals surface area contributed by atoms with Crippen molar-refractivity contribution < 1.29 is 0 Å². The molecule has 4 atom stereocenters. The van der Waals surface area contributed by atoms with Gasteiger partial charge in [0, 0.05) is 67.1 Å². The molecule has 3 aliphatic heterocycles. The Labute approximate surface area is 211 Å². The van der Waals surface area contributed by atoms with Crippen molar-refractivity contribution in [1.29, 1.82) is 0 Å². The van der Waals surface area contributed by atoms with Crippen LogP contribution in [-0.4, -0.2) is 54.6 Å². The summed E-state index contributed by atoms with van der Waals surface area (Å²) in [6.45, 7) is 6.28. The first-order valence-corrected chi connectivity index (χ1v) is 13.1. The molecule has 6 rings (SSSR count). The third-order valence-corrected chi connectivity index (χ3v) is 8.12. The van der Waals surface area contributed by atoms with Gasteiger partial charge < -0.3 is 10.2 Å². The molecule has 6 heteroatoms. The van der Waals surface area contributed by atoms with Crippen LogP contribution in [-0.2, 0) is 6.54 Å². The van der Waals surface area contributed by atoms with E-state index in [2.05, 4.69) is 93.7 Å². The number of fused-ring (bicyclic) bond motifs is 3. The number of benzene rings is 2. The predicted octanol–water partition coefficient (Wildman–Crippen LogP) is 5.25. The smallest absolute Gasteiger partial charge is 0.126 e. The zero-order chi connectivity index (χ0) is 23.7. The number of halogens is 1. The minimum absolute atomic E-state index is 0.492. The number of hydrogen-bond donors (Lipinski definition) is 1. The first-order valence-electron chi connectivity index (χ1n) is 12.3. The summed E-state index contributed by atoms with van der Waals surface area (Å²) in [5.41, 5.74) is 5.95. The fourth-order valence-corrected chi connectivity index (χ4v) is 6.06. The predicted molar refractivity (Wildman–Crippen MR) is 143 cm³/mol. The van der Waals surface area contributed by atoms with Crippen LogP contribution in [0.5, 0.6) is 0 Å². The average Bonchev–Trinajstić information content (AvgIpc) is 2.84. The van der Waals surface area contributed by atoms with E-state index >= 15 is 0 Å². The lowest BCUT2D eigenvalue weighted by atomic mass is 9.74. The van der Waals surface area contributed by atoms with E-state index < -0.39 is 0 Å². The minimum Gasteiger partial charge on any atom is -0.378 e. The summed E-state index contributed by atoms with van der Waals surface area (Å²) in [5, 5.41) is 3.72.